The molecule has 6 heteroatoms. The number of hydrogen-bond acceptors (Lipinski definition) is 4. The second kappa shape index (κ2) is 9.30. The molecular weight excluding hydrogens is 392 g/mol. The smallest absolute Gasteiger partial charge is 0.315 e. The minimum absolute atomic E-state index is 0.132. The molecule has 28 heavy (non-hydrogen) atoms. The zero-order valence-corrected chi connectivity index (χ0v) is 17.8. The zero-order valence-electron chi connectivity index (χ0n) is 16.2. The van der Waals surface area contributed by atoms with Crippen LogP contribution in [0.3, 0.4) is 0 Å². The van der Waals surface area contributed by atoms with Crippen LogP contribution in [0.5, 0.6) is 5.88 Å². The van der Waals surface area contributed by atoms with Crippen LogP contribution in [0.25, 0.3) is 5.69 Å². The summed E-state index contributed by atoms with van der Waals surface area (Å²) in [5.41, 5.74) is 1.65. The van der Waals surface area contributed by atoms with E-state index in [-0.39, 0.29) is 11.9 Å². The van der Waals surface area contributed by atoms with E-state index >= 15 is 0 Å². The van der Waals surface area contributed by atoms with Gasteiger partial charge in [0.25, 0.3) is 0 Å². The highest BCUT2D eigenvalue weighted by Crippen LogP contribution is 2.39. The van der Waals surface area contributed by atoms with Gasteiger partial charge in [0.05, 0.1) is 22.2 Å². The molecule has 0 amide bonds. The zero-order chi connectivity index (χ0) is 20.1. The second-order valence-electron chi connectivity index (χ2n) is 6.46. The third-order valence-corrected chi connectivity index (χ3v) is 5.95. The van der Waals surface area contributed by atoms with Crippen LogP contribution in [0, 0.1) is 12.8 Å². The van der Waals surface area contributed by atoms with E-state index in [9.17, 15) is 4.79 Å². The molecule has 0 N–H and O–H groups in total. The van der Waals surface area contributed by atoms with Gasteiger partial charge in [-0.25, -0.2) is 0 Å². The van der Waals surface area contributed by atoms with Gasteiger partial charge in [-0.3, -0.25) is 4.79 Å². The molecular formula is C22H23ClN2O2S. The fourth-order valence-electron chi connectivity index (χ4n) is 2.86. The molecule has 0 saturated carbocycles. The van der Waals surface area contributed by atoms with Gasteiger partial charge in [0.15, 0.2) is 0 Å². The Morgan fingerprint density at radius 3 is 2.36 bits per heavy atom. The molecule has 146 valence electrons. The van der Waals surface area contributed by atoms with Crippen LogP contribution in [0.4, 0.5) is 0 Å². The van der Waals surface area contributed by atoms with Crippen LogP contribution in [0.1, 0.15) is 32.4 Å². The van der Waals surface area contributed by atoms with Crippen LogP contribution in [0.15, 0.2) is 64.4 Å². The minimum atomic E-state index is -0.222. The lowest BCUT2D eigenvalue weighted by Crippen LogP contribution is -2.21. The predicted octanol–water partition coefficient (Wildman–Crippen LogP) is 6.33. The van der Waals surface area contributed by atoms with Crippen molar-refractivity contribution in [3.05, 3.63) is 65.3 Å². The third-order valence-electron chi connectivity index (χ3n) is 4.52. The third kappa shape index (κ3) is 4.59. The molecule has 1 heterocycles. The average Bonchev–Trinajstić information content (AvgIpc) is 3.01. The monoisotopic (exact) mass is 414 g/mol. The van der Waals surface area contributed by atoms with Crippen molar-refractivity contribution in [1.29, 1.82) is 0 Å². The van der Waals surface area contributed by atoms with Gasteiger partial charge in [0.1, 0.15) is 0 Å². The van der Waals surface area contributed by atoms with Crippen LogP contribution >= 0.6 is 23.4 Å². The first-order valence-electron chi connectivity index (χ1n) is 9.33. The molecule has 0 bridgehead atoms. The number of carbonyl (C=O) groups excluding carboxylic acids is 1. The lowest BCUT2D eigenvalue weighted by atomic mass is 10.0. The highest BCUT2D eigenvalue weighted by Gasteiger charge is 2.25. The number of aryl methyl sites for hydroxylation is 1. The number of aromatic nitrogens is 2. The maximum absolute atomic E-state index is 12.7. The summed E-state index contributed by atoms with van der Waals surface area (Å²) in [5, 5.41) is 5.33. The summed E-state index contributed by atoms with van der Waals surface area (Å²) in [6.45, 7) is 5.92. The molecule has 0 aliphatic carbocycles. The molecule has 1 aromatic heterocycles. The lowest BCUT2D eigenvalue weighted by molar-refractivity contribution is -0.139. The molecule has 0 atom stereocenters. The minimum Gasteiger partial charge on any atom is -0.406 e. The Morgan fingerprint density at radius 1 is 1.11 bits per heavy atom. The Balaban J connectivity index is 2.03. The number of carbonyl (C=O) groups is 1. The summed E-state index contributed by atoms with van der Waals surface area (Å²) in [4.78, 5) is 14.6. The van der Waals surface area contributed by atoms with Crippen LogP contribution < -0.4 is 4.74 Å². The summed E-state index contributed by atoms with van der Waals surface area (Å²) in [7, 11) is 0. The van der Waals surface area contributed by atoms with E-state index in [2.05, 4.69) is 5.10 Å². The van der Waals surface area contributed by atoms with Gasteiger partial charge < -0.3 is 4.74 Å². The lowest BCUT2D eigenvalue weighted by Gasteiger charge is -2.14. The number of benzene rings is 2. The number of halogens is 1. The van der Waals surface area contributed by atoms with Gasteiger partial charge in [-0.1, -0.05) is 55.4 Å². The molecule has 0 fully saturated rings. The number of ether oxygens (including phenoxy) is 1. The Kier molecular flexibility index (Phi) is 6.81. The Labute approximate surface area is 174 Å². The van der Waals surface area contributed by atoms with Gasteiger partial charge in [-0.2, -0.15) is 9.78 Å². The van der Waals surface area contributed by atoms with E-state index in [0.29, 0.717) is 10.9 Å². The highest BCUT2D eigenvalue weighted by atomic mass is 35.5. The Hall–Kier alpha value is -2.24. The molecule has 3 rings (SSSR count). The largest absolute Gasteiger partial charge is 0.406 e. The predicted molar refractivity (Wildman–Crippen MR) is 114 cm³/mol. The molecule has 0 unspecified atom stereocenters. The number of hydrogen-bond donors (Lipinski definition) is 0. The summed E-state index contributed by atoms with van der Waals surface area (Å²) in [6, 6.07) is 17.3. The first kappa shape index (κ1) is 20.5. The Bertz CT molecular complexity index is 935. The molecule has 3 aromatic rings. The van der Waals surface area contributed by atoms with Crippen molar-refractivity contribution in [2.45, 2.75) is 43.4 Å². The SMILES string of the molecule is CCC(CC)C(=O)Oc1c(Sc2ccc(Cl)cc2)c(C)nn1-c1ccccc1. The maximum atomic E-state index is 12.7. The molecule has 0 spiro atoms. The molecule has 0 aliphatic heterocycles. The quantitative estimate of drug-likeness (QED) is 0.424. The summed E-state index contributed by atoms with van der Waals surface area (Å²) in [6.07, 6.45) is 1.49. The van der Waals surface area contributed by atoms with E-state index in [4.69, 9.17) is 16.3 Å². The standard InChI is InChI=1S/C22H23ClN2O2S/c1-4-16(5-2)22(26)27-21-20(28-19-13-11-17(23)12-14-19)15(3)24-25(21)18-9-7-6-8-10-18/h6-14,16H,4-5H2,1-3H3. The van der Waals surface area contributed by atoms with Crippen molar-refractivity contribution in [3.8, 4) is 11.6 Å². The number of esters is 1. The van der Waals surface area contributed by atoms with Crippen molar-refractivity contribution >= 4 is 29.3 Å². The molecule has 2 aromatic carbocycles. The Morgan fingerprint density at radius 2 is 1.75 bits per heavy atom. The first-order valence-corrected chi connectivity index (χ1v) is 10.5. The van der Waals surface area contributed by atoms with Gasteiger partial charge in [0, 0.05) is 9.92 Å². The fourth-order valence-corrected chi connectivity index (χ4v) is 3.90. The summed E-state index contributed by atoms with van der Waals surface area (Å²) < 4.78 is 7.61. The second-order valence-corrected chi connectivity index (χ2v) is 7.98. The van der Waals surface area contributed by atoms with Gasteiger partial charge in [-0.15, -0.1) is 0 Å². The van der Waals surface area contributed by atoms with Crippen LogP contribution in [-0.2, 0) is 4.79 Å². The number of para-hydroxylation sites is 1. The first-order chi connectivity index (χ1) is 13.5. The number of nitrogens with zero attached hydrogens (tertiary/aromatic N) is 2. The van der Waals surface area contributed by atoms with Crippen LogP contribution in [-0.4, -0.2) is 15.7 Å². The topological polar surface area (TPSA) is 44.1 Å². The van der Waals surface area contributed by atoms with Crippen molar-refractivity contribution < 1.29 is 9.53 Å². The van der Waals surface area contributed by atoms with Gasteiger partial charge >= 0.3 is 5.97 Å². The summed E-state index contributed by atoms with van der Waals surface area (Å²) >= 11 is 7.52. The van der Waals surface area contributed by atoms with E-state index < -0.39 is 0 Å². The van der Waals surface area contributed by atoms with E-state index in [1.54, 1.807) is 4.68 Å². The van der Waals surface area contributed by atoms with E-state index in [1.807, 2.05) is 75.4 Å². The molecule has 4 nitrogen and oxygen atoms in total. The van der Waals surface area contributed by atoms with Crippen molar-refractivity contribution in [2.24, 2.45) is 5.92 Å². The highest BCUT2D eigenvalue weighted by molar-refractivity contribution is 7.99. The van der Waals surface area contributed by atoms with Gasteiger partial charge in [-0.05, 0) is 56.2 Å². The van der Waals surface area contributed by atoms with Crippen molar-refractivity contribution in [1.82, 2.24) is 9.78 Å². The molecule has 0 radical (unpaired) electrons. The van der Waals surface area contributed by atoms with Gasteiger partial charge in [0.2, 0.25) is 5.88 Å². The summed E-state index contributed by atoms with van der Waals surface area (Å²) in [5.74, 6) is 0.105. The van der Waals surface area contributed by atoms with E-state index in [0.717, 1.165) is 34.0 Å². The van der Waals surface area contributed by atoms with Crippen molar-refractivity contribution in [2.75, 3.05) is 0 Å². The normalized spacial score (nSPS) is 11.0. The van der Waals surface area contributed by atoms with Crippen molar-refractivity contribution in [3.63, 3.8) is 0 Å². The average molecular weight is 415 g/mol. The molecule has 0 saturated heterocycles. The van der Waals surface area contributed by atoms with Crippen LogP contribution in [0.2, 0.25) is 5.02 Å². The fraction of sp³-hybridized carbons (Fsp3) is 0.273. The van der Waals surface area contributed by atoms with E-state index in [1.165, 1.54) is 11.8 Å². The maximum Gasteiger partial charge on any atom is 0.315 e. The number of rotatable bonds is 7. The molecule has 0 aliphatic rings.